The summed E-state index contributed by atoms with van der Waals surface area (Å²) in [5, 5.41) is 9.01. The first-order valence-corrected chi connectivity index (χ1v) is 6.32. The Hall–Kier alpha value is -2.43. The first-order chi connectivity index (χ1) is 9.45. The summed E-state index contributed by atoms with van der Waals surface area (Å²) in [6, 6.07) is 8.72. The average molecular weight is 272 g/mol. The van der Waals surface area contributed by atoms with Crippen molar-refractivity contribution < 1.29 is 14.6 Å². The van der Waals surface area contributed by atoms with Crippen molar-refractivity contribution in [2.75, 3.05) is 0 Å². The van der Waals surface area contributed by atoms with Gasteiger partial charge in [0.05, 0.1) is 6.10 Å². The zero-order valence-electron chi connectivity index (χ0n) is 11.6. The van der Waals surface area contributed by atoms with Gasteiger partial charge >= 0.3 is 5.97 Å². The van der Waals surface area contributed by atoms with Gasteiger partial charge in [-0.15, -0.1) is 0 Å². The summed E-state index contributed by atoms with van der Waals surface area (Å²) in [7, 11) is 0. The number of aryl methyl sites for hydroxylation is 1. The topological polar surface area (TPSA) is 72.3 Å². The summed E-state index contributed by atoms with van der Waals surface area (Å²) in [5.74, 6) is 0.102. The molecule has 0 unspecified atom stereocenters. The summed E-state index contributed by atoms with van der Waals surface area (Å²) in [5.41, 5.74) is 1.37. The Morgan fingerprint density at radius 2 is 1.85 bits per heavy atom. The van der Waals surface area contributed by atoms with Crippen molar-refractivity contribution in [1.29, 1.82) is 0 Å². The molecule has 104 valence electrons. The summed E-state index contributed by atoms with van der Waals surface area (Å²) in [6.07, 6.45) is 0.106. The maximum atomic E-state index is 11.0. The highest BCUT2D eigenvalue weighted by atomic mass is 16.5. The third kappa shape index (κ3) is 3.32. The third-order valence-corrected chi connectivity index (χ3v) is 2.56. The van der Waals surface area contributed by atoms with E-state index < -0.39 is 5.97 Å². The van der Waals surface area contributed by atoms with Crippen LogP contribution in [0.4, 0.5) is 0 Å². The van der Waals surface area contributed by atoms with Crippen molar-refractivity contribution in [2.45, 2.75) is 26.9 Å². The fourth-order valence-electron chi connectivity index (χ4n) is 1.76. The van der Waals surface area contributed by atoms with Crippen LogP contribution in [-0.4, -0.2) is 27.1 Å². The molecular weight excluding hydrogens is 256 g/mol. The Labute approximate surface area is 117 Å². The molecule has 0 aliphatic carbocycles. The highest BCUT2D eigenvalue weighted by Gasteiger charge is 2.10. The molecule has 0 saturated heterocycles. The van der Waals surface area contributed by atoms with Gasteiger partial charge in [0, 0.05) is 11.3 Å². The molecular formula is C15H16N2O3. The number of ether oxygens (including phenoxy) is 1. The van der Waals surface area contributed by atoms with Crippen molar-refractivity contribution in [3.05, 3.63) is 41.7 Å². The summed E-state index contributed by atoms with van der Waals surface area (Å²) >= 11 is 0. The zero-order chi connectivity index (χ0) is 14.7. The number of hydrogen-bond acceptors (Lipinski definition) is 4. The van der Waals surface area contributed by atoms with Gasteiger partial charge in [-0.2, -0.15) is 0 Å². The van der Waals surface area contributed by atoms with Gasteiger partial charge in [0.15, 0.2) is 11.5 Å². The van der Waals surface area contributed by atoms with E-state index in [1.54, 1.807) is 6.92 Å². The van der Waals surface area contributed by atoms with E-state index in [1.165, 1.54) is 6.07 Å². The molecule has 0 amide bonds. The lowest BCUT2D eigenvalue weighted by atomic mass is 10.2. The van der Waals surface area contributed by atoms with Crippen molar-refractivity contribution in [3.8, 4) is 17.1 Å². The molecule has 0 radical (unpaired) electrons. The quantitative estimate of drug-likeness (QED) is 0.926. The van der Waals surface area contributed by atoms with Crippen molar-refractivity contribution in [1.82, 2.24) is 9.97 Å². The van der Waals surface area contributed by atoms with Crippen molar-refractivity contribution >= 4 is 5.97 Å². The molecule has 0 atom stereocenters. The minimum absolute atomic E-state index is 0.00462. The molecule has 0 saturated carbocycles. The lowest BCUT2D eigenvalue weighted by molar-refractivity contribution is 0.0690. The van der Waals surface area contributed by atoms with Gasteiger partial charge < -0.3 is 9.84 Å². The smallest absolute Gasteiger partial charge is 0.354 e. The third-order valence-electron chi connectivity index (χ3n) is 2.56. The van der Waals surface area contributed by atoms with Crippen LogP contribution in [0.3, 0.4) is 0 Å². The number of hydrogen-bond donors (Lipinski definition) is 1. The number of carbonyl (C=O) groups is 1. The van der Waals surface area contributed by atoms with Crippen LogP contribution in [0.15, 0.2) is 30.3 Å². The van der Waals surface area contributed by atoms with Crippen LogP contribution < -0.4 is 4.74 Å². The number of aromatic carboxylic acids is 1. The van der Waals surface area contributed by atoms with Gasteiger partial charge in [-0.1, -0.05) is 0 Å². The Morgan fingerprint density at radius 3 is 2.40 bits per heavy atom. The Bertz CT molecular complexity index is 622. The first kappa shape index (κ1) is 14.0. The average Bonchev–Trinajstić information content (AvgIpc) is 2.38. The predicted molar refractivity (Wildman–Crippen MR) is 74.9 cm³/mol. The van der Waals surface area contributed by atoms with Gasteiger partial charge in [0.1, 0.15) is 5.75 Å². The van der Waals surface area contributed by atoms with Gasteiger partial charge in [-0.3, -0.25) is 0 Å². The minimum atomic E-state index is -1.06. The molecule has 0 bridgehead atoms. The number of carboxylic acids is 1. The number of aromatic nitrogens is 2. The van der Waals surface area contributed by atoms with E-state index in [9.17, 15) is 4.79 Å². The SMILES string of the molecule is Cc1cc(C(=O)O)nc(-c2ccc(OC(C)C)cc2)n1. The van der Waals surface area contributed by atoms with Crippen LogP contribution >= 0.6 is 0 Å². The van der Waals surface area contributed by atoms with Gasteiger partial charge in [0.25, 0.3) is 0 Å². The normalized spacial score (nSPS) is 10.6. The maximum Gasteiger partial charge on any atom is 0.354 e. The second-order valence-electron chi connectivity index (χ2n) is 4.71. The molecule has 0 aliphatic rings. The van der Waals surface area contributed by atoms with E-state index in [1.807, 2.05) is 38.1 Å². The van der Waals surface area contributed by atoms with Crippen LogP contribution in [0.25, 0.3) is 11.4 Å². The fourth-order valence-corrected chi connectivity index (χ4v) is 1.76. The first-order valence-electron chi connectivity index (χ1n) is 6.32. The second-order valence-corrected chi connectivity index (χ2v) is 4.71. The molecule has 5 heteroatoms. The van der Waals surface area contributed by atoms with E-state index in [4.69, 9.17) is 9.84 Å². The summed E-state index contributed by atoms with van der Waals surface area (Å²) < 4.78 is 5.56. The molecule has 0 spiro atoms. The van der Waals surface area contributed by atoms with Gasteiger partial charge in [0.2, 0.25) is 0 Å². The Morgan fingerprint density at radius 1 is 1.20 bits per heavy atom. The number of benzene rings is 1. The molecule has 0 fully saturated rings. The van der Waals surface area contributed by atoms with E-state index in [0.29, 0.717) is 11.5 Å². The van der Waals surface area contributed by atoms with E-state index >= 15 is 0 Å². The maximum absolute atomic E-state index is 11.0. The fraction of sp³-hybridized carbons (Fsp3) is 0.267. The molecule has 1 aromatic heterocycles. The molecule has 1 N–H and O–H groups in total. The summed E-state index contributed by atoms with van der Waals surface area (Å²) in [6.45, 7) is 5.65. The van der Waals surface area contributed by atoms with Crippen LogP contribution in [0.2, 0.25) is 0 Å². The van der Waals surface area contributed by atoms with E-state index in [2.05, 4.69) is 9.97 Å². The monoisotopic (exact) mass is 272 g/mol. The number of rotatable bonds is 4. The highest BCUT2D eigenvalue weighted by molar-refractivity contribution is 5.86. The lowest BCUT2D eigenvalue weighted by Gasteiger charge is -2.10. The second kappa shape index (κ2) is 5.69. The van der Waals surface area contributed by atoms with Gasteiger partial charge in [-0.05, 0) is 51.1 Å². The van der Waals surface area contributed by atoms with Crippen LogP contribution in [-0.2, 0) is 0 Å². The standard InChI is InChI=1S/C15H16N2O3/c1-9(2)20-12-6-4-11(5-7-12)14-16-10(3)8-13(17-14)15(18)19/h4-9H,1-3H3,(H,18,19). The molecule has 2 rings (SSSR count). The molecule has 2 aromatic rings. The predicted octanol–water partition coefficient (Wildman–Crippen LogP) is 2.94. The minimum Gasteiger partial charge on any atom is -0.491 e. The molecule has 1 heterocycles. The molecule has 1 aromatic carbocycles. The zero-order valence-corrected chi connectivity index (χ0v) is 11.6. The van der Waals surface area contributed by atoms with Crippen molar-refractivity contribution in [2.24, 2.45) is 0 Å². The lowest BCUT2D eigenvalue weighted by Crippen LogP contribution is -2.06. The highest BCUT2D eigenvalue weighted by Crippen LogP contribution is 2.20. The van der Waals surface area contributed by atoms with Crippen LogP contribution in [0.5, 0.6) is 5.75 Å². The number of nitrogens with zero attached hydrogens (tertiary/aromatic N) is 2. The Kier molecular flexibility index (Phi) is 3.98. The van der Waals surface area contributed by atoms with Crippen LogP contribution in [0.1, 0.15) is 30.0 Å². The molecule has 5 nitrogen and oxygen atoms in total. The Balaban J connectivity index is 2.34. The number of carboxylic acid groups (broad SMARTS) is 1. The summed E-state index contributed by atoms with van der Waals surface area (Å²) in [4.78, 5) is 19.3. The van der Waals surface area contributed by atoms with Gasteiger partial charge in [-0.25, -0.2) is 14.8 Å². The van der Waals surface area contributed by atoms with Crippen molar-refractivity contribution in [3.63, 3.8) is 0 Å². The molecule has 20 heavy (non-hydrogen) atoms. The van der Waals surface area contributed by atoms with E-state index in [-0.39, 0.29) is 11.8 Å². The van der Waals surface area contributed by atoms with Crippen LogP contribution in [0, 0.1) is 6.92 Å². The van der Waals surface area contributed by atoms with E-state index in [0.717, 1.165) is 11.3 Å². The largest absolute Gasteiger partial charge is 0.491 e. The molecule has 0 aliphatic heterocycles.